The zero-order valence-corrected chi connectivity index (χ0v) is 11.8. The van der Waals surface area contributed by atoms with Crippen LogP contribution in [0.25, 0.3) is 0 Å². The average molecular weight is 294 g/mol. The maximum absolute atomic E-state index is 13.4. The minimum absolute atomic E-state index is 0.140. The SMILES string of the molecule is CC1=C(C(=O)OCCc2ccccc2F)CNC(=S)N1. The van der Waals surface area contributed by atoms with Crippen LogP contribution in [0.1, 0.15) is 12.5 Å². The summed E-state index contributed by atoms with van der Waals surface area (Å²) in [6.07, 6.45) is 0.351. The van der Waals surface area contributed by atoms with Crippen LogP contribution in [-0.2, 0) is 16.0 Å². The van der Waals surface area contributed by atoms with Crippen molar-refractivity contribution in [3.63, 3.8) is 0 Å². The predicted molar refractivity (Wildman–Crippen MR) is 77.5 cm³/mol. The molecule has 2 N–H and O–H groups in total. The van der Waals surface area contributed by atoms with E-state index in [2.05, 4.69) is 10.6 Å². The highest BCUT2D eigenvalue weighted by Crippen LogP contribution is 2.10. The summed E-state index contributed by atoms with van der Waals surface area (Å²) in [5.41, 5.74) is 1.73. The zero-order valence-electron chi connectivity index (χ0n) is 11.0. The second-order valence-electron chi connectivity index (χ2n) is 4.39. The highest BCUT2D eigenvalue weighted by atomic mass is 32.1. The van der Waals surface area contributed by atoms with Crippen LogP contribution in [0.4, 0.5) is 4.39 Å². The van der Waals surface area contributed by atoms with E-state index in [9.17, 15) is 9.18 Å². The molecule has 20 heavy (non-hydrogen) atoms. The summed E-state index contributed by atoms with van der Waals surface area (Å²) < 4.78 is 18.5. The Balaban J connectivity index is 1.89. The van der Waals surface area contributed by atoms with E-state index in [0.29, 0.717) is 34.9 Å². The Hall–Kier alpha value is -1.95. The van der Waals surface area contributed by atoms with Gasteiger partial charge < -0.3 is 15.4 Å². The molecular formula is C14H15FN2O2S. The molecule has 0 amide bonds. The molecule has 0 saturated carbocycles. The number of esters is 1. The van der Waals surface area contributed by atoms with E-state index >= 15 is 0 Å². The molecule has 0 fully saturated rings. The molecule has 0 spiro atoms. The molecule has 0 aliphatic carbocycles. The number of thiocarbonyl (C=S) groups is 1. The van der Waals surface area contributed by atoms with Crippen molar-refractivity contribution in [3.8, 4) is 0 Å². The molecule has 0 aromatic heterocycles. The number of allylic oxidation sites excluding steroid dienone is 1. The van der Waals surface area contributed by atoms with Gasteiger partial charge in [0.15, 0.2) is 5.11 Å². The standard InChI is InChI=1S/C14H15FN2O2S/c1-9-11(8-16-14(20)17-9)13(18)19-7-6-10-4-2-3-5-12(10)15/h2-5H,6-8H2,1H3,(H2,16,17,20). The lowest BCUT2D eigenvalue weighted by Crippen LogP contribution is -2.43. The summed E-state index contributed by atoms with van der Waals surface area (Å²) >= 11 is 4.94. The lowest BCUT2D eigenvalue weighted by atomic mass is 10.1. The molecule has 2 rings (SSSR count). The number of carbonyl (C=O) groups excluding carboxylic acids is 1. The number of nitrogens with one attached hydrogen (secondary N) is 2. The van der Waals surface area contributed by atoms with Crippen molar-refractivity contribution in [1.29, 1.82) is 0 Å². The molecule has 4 nitrogen and oxygen atoms in total. The van der Waals surface area contributed by atoms with Gasteiger partial charge in [-0.3, -0.25) is 0 Å². The fraction of sp³-hybridized carbons (Fsp3) is 0.286. The van der Waals surface area contributed by atoms with E-state index in [1.807, 2.05) is 0 Å². The van der Waals surface area contributed by atoms with Gasteiger partial charge in [0.1, 0.15) is 5.82 Å². The van der Waals surface area contributed by atoms with Gasteiger partial charge in [0.25, 0.3) is 0 Å². The molecular weight excluding hydrogens is 279 g/mol. The molecule has 106 valence electrons. The van der Waals surface area contributed by atoms with Crippen molar-refractivity contribution < 1.29 is 13.9 Å². The van der Waals surface area contributed by atoms with Crippen LogP contribution < -0.4 is 10.6 Å². The van der Waals surface area contributed by atoms with Crippen LogP contribution in [0.2, 0.25) is 0 Å². The number of carbonyl (C=O) groups is 1. The minimum Gasteiger partial charge on any atom is -0.462 e. The number of halogens is 1. The lowest BCUT2D eigenvalue weighted by molar-refractivity contribution is -0.139. The maximum Gasteiger partial charge on any atom is 0.337 e. The smallest absolute Gasteiger partial charge is 0.337 e. The highest BCUT2D eigenvalue weighted by Gasteiger charge is 2.19. The Morgan fingerprint density at radius 3 is 2.90 bits per heavy atom. The van der Waals surface area contributed by atoms with Gasteiger partial charge in [-0.2, -0.15) is 0 Å². The number of hydrogen-bond donors (Lipinski definition) is 2. The molecule has 0 atom stereocenters. The van der Waals surface area contributed by atoms with Gasteiger partial charge in [0, 0.05) is 12.1 Å². The average Bonchev–Trinajstić information content (AvgIpc) is 2.40. The normalized spacial score (nSPS) is 14.6. The first kappa shape index (κ1) is 14.5. The van der Waals surface area contributed by atoms with Gasteiger partial charge in [-0.1, -0.05) is 18.2 Å². The van der Waals surface area contributed by atoms with E-state index < -0.39 is 5.97 Å². The largest absolute Gasteiger partial charge is 0.462 e. The summed E-state index contributed by atoms with van der Waals surface area (Å²) in [4.78, 5) is 11.9. The molecule has 0 bridgehead atoms. The first-order valence-corrected chi connectivity index (χ1v) is 6.64. The van der Waals surface area contributed by atoms with Gasteiger partial charge in [0.05, 0.1) is 18.7 Å². The van der Waals surface area contributed by atoms with Gasteiger partial charge >= 0.3 is 5.97 Å². The number of rotatable bonds is 4. The molecule has 0 unspecified atom stereocenters. The van der Waals surface area contributed by atoms with E-state index in [-0.39, 0.29) is 12.4 Å². The molecule has 6 heteroatoms. The number of benzene rings is 1. The summed E-state index contributed by atoms with van der Waals surface area (Å²) in [7, 11) is 0. The number of ether oxygens (including phenoxy) is 1. The quantitative estimate of drug-likeness (QED) is 0.653. The van der Waals surface area contributed by atoms with Crippen molar-refractivity contribution in [2.75, 3.05) is 13.2 Å². The predicted octanol–water partition coefficient (Wildman–Crippen LogP) is 1.66. The van der Waals surface area contributed by atoms with Gasteiger partial charge in [0.2, 0.25) is 0 Å². The van der Waals surface area contributed by atoms with Crippen LogP contribution in [0.3, 0.4) is 0 Å². The van der Waals surface area contributed by atoms with E-state index in [0.717, 1.165) is 0 Å². The summed E-state index contributed by atoms with van der Waals surface area (Å²) in [5, 5.41) is 6.22. The van der Waals surface area contributed by atoms with Gasteiger partial charge in [-0.25, -0.2) is 9.18 Å². The third-order valence-electron chi connectivity index (χ3n) is 2.99. The van der Waals surface area contributed by atoms with E-state index in [1.165, 1.54) is 6.07 Å². The Kier molecular flexibility index (Phi) is 4.68. The maximum atomic E-state index is 13.4. The first-order chi connectivity index (χ1) is 9.58. The van der Waals surface area contributed by atoms with Gasteiger partial charge in [-0.05, 0) is 30.8 Å². The molecule has 1 aliphatic heterocycles. The number of hydrogen-bond acceptors (Lipinski definition) is 3. The highest BCUT2D eigenvalue weighted by molar-refractivity contribution is 7.80. The molecule has 1 aromatic rings. The van der Waals surface area contributed by atoms with Crippen molar-refractivity contribution in [2.24, 2.45) is 0 Å². The monoisotopic (exact) mass is 294 g/mol. The van der Waals surface area contributed by atoms with Crippen LogP contribution in [-0.4, -0.2) is 24.2 Å². The molecule has 1 aliphatic rings. The second kappa shape index (κ2) is 6.47. The fourth-order valence-corrected chi connectivity index (χ4v) is 2.08. The summed E-state index contributed by atoms with van der Waals surface area (Å²) in [6.45, 7) is 2.25. The Labute approximate surface area is 122 Å². The molecule has 0 saturated heterocycles. The van der Waals surface area contributed by atoms with Crippen LogP contribution in [0.5, 0.6) is 0 Å². The van der Waals surface area contributed by atoms with Crippen LogP contribution in [0, 0.1) is 5.82 Å². The Bertz CT molecular complexity index is 572. The zero-order chi connectivity index (χ0) is 14.5. The molecule has 1 heterocycles. The lowest BCUT2D eigenvalue weighted by Gasteiger charge is -2.20. The molecule has 0 radical (unpaired) electrons. The van der Waals surface area contributed by atoms with Crippen LogP contribution >= 0.6 is 12.2 Å². The van der Waals surface area contributed by atoms with E-state index in [4.69, 9.17) is 17.0 Å². The third kappa shape index (κ3) is 3.54. The summed E-state index contributed by atoms with van der Waals surface area (Å²) in [5.74, 6) is -0.702. The van der Waals surface area contributed by atoms with Crippen LogP contribution in [0.15, 0.2) is 35.5 Å². The van der Waals surface area contributed by atoms with E-state index in [1.54, 1.807) is 25.1 Å². The van der Waals surface area contributed by atoms with Gasteiger partial charge in [-0.15, -0.1) is 0 Å². The Morgan fingerprint density at radius 2 is 2.20 bits per heavy atom. The summed E-state index contributed by atoms with van der Waals surface area (Å²) in [6, 6.07) is 6.44. The third-order valence-corrected chi connectivity index (χ3v) is 3.23. The first-order valence-electron chi connectivity index (χ1n) is 6.23. The van der Waals surface area contributed by atoms with Crippen molar-refractivity contribution >= 4 is 23.3 Å². The Morgan fingerprint density at radius 1 is 1.45 bits per heavy atom. The van der Waals surface area contributed by atoms with Crippen molar-refractivity contribution in [3.05, 3.63) is 46.9 Å². The topological polar surface area (TPSA) is 50.4 Å². The van der Waals surface area contributed by atoms with Crippen molar-refractivity contribution in [1.82, 2.24) is 10.6 Å². The van der Waals surface area contributed by atoms with Crippen molar-refractivity contribution in [2.45, 2.75) is 13.3 Å². The second-order valence-corrected chi connectivity index (χ2v) is 4.80. The minimum atomic E-state index is -0.415. The molecule has 1 aromatic carbocycles. The fourth-order valence-electron chi connectivity index (χ4n) is 1.86.